The average Bonchev–Trinajstić information content (AvgIpc) is 3.14. The van der Waals surface area contributed by atoms with Crippen molar-refractivity contribution in [2.75, 3.05) is 0 Å². The summed E-state index contributed by atoms with van der Waals surface area (Å²) >= 11 is 0. The van der Waals surface area contributed by atoms with E-state index < -0.39 is 5.41 Å². The van der Waals surface area contributed by atoms with Crippen LogP contribution >= 0.6 is 0 Å². The Morgan fingerprint density at radius 3 is 2.48 bits per heavy atom. The minimum Gasteiger partial charge on any atom is -0.365 e. The molecule has 5 fully saturated rings. The quantitative estimate of drug-likeness (QED) is 0.507. The van der Waals surface area contributed by atoms with Crippen molar-refractivity contribution in [2.24, 2.45) is 34.0 Å². The van der Waals surface area contributed by atoms with Crippen molar-refractivity contribution in [1.29, 1.82) is 0 Å². The fourth-order valence-corrected chi connectivity index (χ4v) is 8.11. The van der Waals surface area contributed by atoms with Gasteiger partial charge in [-0.1, -0.05) is 20.8 Å². The van der Waals surface area contributed by atoms with Crippen LogP contribution in [0.15, 0.2) is 0 Å². The summed E-state index contributed by atoms with van der Waals surface area (Å²) in [6.07, 6.45) is 6.93. The topological polar surface area (TPSA) is 46.7 Å². The zero-order valence-corrected chi connectivity index (χ0v) is 14.8. The first-order chi connectivity index (χ1) is 10.7. The van der Waals surface area contributed by atoms with Crippen LogP contribution in [0.4, 0.5) is 0 Å². The van der Waals surface area contributed by atoms with E-state index >= 15 is 0 Å². The lowest BCUT2D eigenvalue weighted by atomic mass is 9.40. The molecule has 0 aromatic heterocycles. The van der Waals surface area contributed by atoms with E-state index in [1.54, 1.807) is 0 Å². The molecule has 1 saturated heterocycles. The number of hydrogen-bond donors (Lipinski definition) is 0. The number of epoxide rings is 1. The first-order valence-corrected chi connectivity index (χ1v) is 9.42. The zero-order chi connectivity index (χ0) is 16.4. The molecule has 3 heteroatoms. The molecule has 7 atom stereocenters. The maximum absolute atomic E-state index is 12.5. The summed E-state index contributed by atoms with van der Waals surface area (Å²) in [6.45, 7) is 8.68. The van der Waals surface area contributed by atoms with Crippen LogP contribution in [-0.4, -0.2) is 23.3 Å². The van der Waals surface area contributed by atoms with Gasteiger partial charge in [0.1, 0.15) is 0 Å². The number of hydrogen-bond acceptors (Lipinski definition) is 3. The fourth-order valence-electron chi connectivity index (χ4n) is 8.11. The van der Waals surface area contributed by atoms with Crippen molar-refractivity contribution in [3.8, 4) is 0 Å². The summed E-state index contributed by atoms with van der Waals surface area (Å²) in [7, 11) is 0. The molecule has 1 spiro atoms. The molecule has 23 heavy (non-hydrogen) atoms. The molecule has 0 aromatic carbocycles. The third kappa shape index (κ3) is 1.40. The highest BCUT2D eigenvalue weighted by atomic mass is 16.6. The third-order valence-electron chi connectivity index (χ3n) is 9.03. The molecule has 4 saturated carbocycles. The van der Waals surface area contributed by atoms with Crippen LogP contribution in [0.25, 0.3) is 0 Å². The van der Waals surface area contributed by atoms with E-state index in [-0.39, 0.29) is 22.6 Å². The molecular formula is C20H28O3. The molecule has 0 amide bonds. The Morgan fingerprint density at radius 1 is 1.00 bits per heavy atom. The largest absolute Gasteiger partial charge is 0.365 e. The second-order valence-corrected chi connectivity index (χ2v) is 10.2. The standard InChI is InChI=1S/C20H28O3/c1-17(2)13-7-8-20-9-11(19(4)16(20)23-19)5-6-14(20)18(13,3)10-12(21)15(17)22/h11,13-14,16H,5-10H2,1-4H3. The Labute approximate surface area is 138 Å². The van der Waals surface area contributed by atoms with Gasteiger partial charge in [-0.25, -0.2) is 0 Å². The number of carbonyl (C=O) groups excluding carboxylic acids is 2. The Morgan fingerprint density at radius 2 is 1.74 bits per heavy atom. The van der Waals surface area contributed by atoms with Crippen LogP contribution in [0.3, 0.4) is 0 Å². The number of rotatable bonds is 0. The minimum atomic E-state index is -0.491. The van der Waals surface area contributed by atoms with Crippen molar-refractivity contribution >= 4 is 11.6 Å². The van der Waals surface area contributed by atoms with Gasteiger partial charge in [0, 0.05) is 17.3 Å². The maximum atomic E-state index is 12.5. The van der Waals surface area contributed by atoms with Crippen LogP contribution in [0.5, 0.6) is 0 Å². The molecular weight excluding hydrogens is 288 g/mol. The zero-order valence-electron chi connectivity index (χ0n) is 14.8. The van der Waals surface area contributed by atoms with Gasteiger partial charge in [-0.05, 0) is 62.2 Å². The molecule has 126 valence electrons. The van der Waals surface area contributed by atoms with Crippen molar-refractivity contribution in [3.05, 3.63) is 0 Å². The molecule has 7 unspecified atom stereocenters. The normalized spacial score (nSPS) is 59.1. The lowest BCUT2D eigenvalue weighted by Gasteiger charge is -2.63. The second-order valence-electron chi connectivity index (χ2n) is 10.2. The number of carbonyl (C=O) groups is 2. The molecule has 0 N–H and O–H groups in total. The Kier molecular flexibility index (Phi) is 2.39. The highest BCUT2D eigenvalue weighted by Gasteiger charge is 2.79. The van der Waals surface area contributed by atoms with Crippen LogP contribution in [0.2, 0.25) is 0 Å². The van der Waals surface area contributed by atoms with Gasteiger partial charge in [0.15, 0.2) is 5.78 Å². The van der Waals surface area contributed by atoms with Gasteiger partial charge in [-0.3, -0.25) is 9.59 Å². The van der Waals surface area contributed by atoms with E-state index in [1.165, 1.54) is 25.7 Å². The van der Waals surface area contributed by atoms with E-state index in [1.807, 2.05) is 13.8 Å². The summed E-state index contributed by atoms with van der Waals surface area (Å²) in [5, 5.41) is 0. The number of ketones is 2. The van der Waals surface area contributed by atoms with E-state index in [0.29, 0.717) is 29.8 Å². The Hall–Kier alpha value is -0.700. The van der Waals surface area contributed by atoms with Crippen molar-refractivity contribution in [1.82, 2.24) is 0 Å². The smallest absolute Gasteiger partial charge is 0.204 e. The van der Waals surface area contributed by atoms with Crippen LogP contribution < -0.4 is 0 Å². The van der Waals surface area contributed by atoms with Gasteiger partial charge in [0.2, 0.25) is 5.78 Å². The molecule has 0 aromatic rings. The Bertz CT molecular complexity index is 637. The van der Waals surface area contributed by atoms with Gasteiger partial charge in [0.05, 0.1) is 11.7 Å². The molecule has 5 rings (SSSR count). The summed E-state index contributed by atoms with van der Waals surface area (Å²) in [4.78, 5) is 25.0. The lowest BCUT2D eigenvalue weighted by molar-refractivity contribution is -0.178. The molecule has 2 bridgehead atoms. The number of fused-ring (bicyclic) bond motifs is 5. The highest BCUT2D eigenvalue weighted by Crippen LogP contribution is 2.77. The summed E-state index contributed by atoms with van der Waals surface area (Å²) < 4.78 is 6.24. The van der Waals surface area contributed by atoms with Crippen molar-refractivity contribution in [3.63, 3.8) is 0 Å². The maximum Gasteiger partial charge on any atom is 0.204 e. The van der Waals surface area contributed by atoms with Crippen LogP contribution in [0, 0.1) is 34.0 Å². The van der Waals surface area contributed by atoms with Gasteiger partial charge < -0.3 is 4.74 Å². The van der Waals surface area contributed by atoms with Gasteiger partial charge in [-0.2, -0.15) is 0 Å². The van der Waals surface area contributed by atoms with Crippen LogP contribution in [0.1, 0.15) is 66.2 Å². The van der Waals surface area contributed by atoms with Crippen LogP contribution in [-0.2, 0) is 14.3 Å². The van der Waals surface area contributed by atoms with Gasteiger partial charge >= 0.3 is 0 Å². The SMILES string of the molecule is CC1(C)C(=O)C(=O)CC2(C)C1CCC13CC(CCC21)C1(C)OC31. The summed E-state index contributed by atoms with van der Waals surface area (Å²) in [5.41, 5.74) is -0.0919. The molecule has 3 nitrogen and oxygen atoms in total. The molecule has 1 heterocycles. The lowest BCUT2D eigenvalue weighted by Crippen LogP contribution is -2.61. The highest BCUT2D eigenvalue weighted by molar-refractivity contribution is 6.39. The monoisotopic (exact) mass is 316 g/mol. The predicted octanol–water partition coefficient (Wildman–Crippen LogP) is 3.54. The fraction of sp³-hybridized carbons (Fsp3) is 0.900. The summed E-state index contributed by atoms with van der Waals surface area (Å²) in [5.74, 6) is 1.38. The number of Topliss-reactive ketones (excluding diaryl/α,β-unsaturated/α-hetero) is 2. The van der Waals surface area contributed by atoms with Crippen molar-refractivity contribution < 1.29 is 14.3 Å². The third-order valence-corrected chi connectivity index (χ3v) is 9.03. The second kappa shape index (κ2) is 3.76. The predicted molar refractivity (Wildman–Crippen MR) is 85.8 cm³/mol. The van der Waals surface area contributed by atoms with E-state index in [0.717, 1.165) is 12.3 Å². The van der Waals surface area contributed by atoms with E-state index in [9.17, 15) is 9.59 Å². The molecule has 0 radical (unpaired) electrons. The Balaban J connectivity index is 1.61. The van der Waals surface area contributed by atoms with E-state index in [2.05, 4.69) is 13.8 Å². The first-order valence-electron chi connectivity index (χ1n) is 9.42. The molecule has 5 aliphatic rings. The van der Waals surface area contributed by atoms with E-state index in [4.69, 9.17) is 4.74 Å². The van der Waals surface area contributed by atoms with Crippen molar-refractivity contribution in [2.45, 2.75) is 77.9 Å². The molecule has 4 aliphatic carbocycles. The van der Waals surface area contributed by atoms with Gasteiger partial charge in [0.25, 0.3) is 0 Å². The summed E-state index contributed by atoms with van der Waals surface area (Å²) in [6, 6.07) is 0. The van der Waals surface area contributed by atoms with Gasteiger partial charge in [-0.15, -0.1) is 0 Å². The minimum absolute atomic E-state index is 0.0189. The first kappa shape index (κ1) is 14.6. The average molecular weight is 316 g/mol. The molecule has 1 aliphatic heterocycles. The number of ether oxygens (including phenoxy) is 1.